The number of furan rings is 1. The van der Waals surface area contributed by atoms with E-state index in [4.69, 9.17) is 4.42 Å². The van der Waals surface area contributed by atoms with Gasteiger partial charge in [0, 0.05) is 35.0 Å². The summed E-state index contributed by atoms with van der Waals surface area (Å²) in [4.78, 5) is 24.4. The van der Waals surface area contributed by atoms with Crippen molar-refractivity contribution in [2.45, 2.75) is 31.2 Å². The second-order valence-electron chi connectivity index (χ2n) is 6.85. The smallest absolute Gasteiger partial charge is 0.287 e. The van der Waals surface area contributed by atoms with E-state index in [1.165, 1.54) is 22.7 Å². The van der Waals surface area contributed by atoms with Gasteiger partial charge in [0.15, 0.2) is 10.9 Å². The number of carbonyl (C=O) groups is 1. The van der Waals surface area contributed by atoms with Gasteiger partial charge in [-0.3, -0.25) is 4.79 Å². The number of thioether (sulfide) groups is 1. The van der Waals surface area contributed by atoms with E-state index in [1.54, 1.807) is 6.07 Å². The number of aromatic amines is 1. The van der Waals surface area contributed by atoms with E-state index >= 15 is 0 Å². The zero-order valence-corrected chi connectivity index (χ0v) is 17.2. The van der Waals surface area contributed by atoms with Crippen LogP contribution in [0.3, 0.4) is 0 Å². The van der Waals surface area contributed by atoms with Crippen molar-refractivity contribution in [3.05, 3.63) is 77.1 Å². The number of amides is 1. The minimum atomic E-state index is -0.205. The van der Waals surface area contributed by atoms with E-state index in [-0.39, 0.29) is 5.91 Å². The molecule has 0 spiro atoms. The van der Waals surface area contributed by atoms with E-state index in [2.05, 4.69) is 26.3 Å². The minimum Gasteiger partial charge on any atom is -0.455 e. The Morgan fingerprint density at radius 1 is 1.14 bits per heavy atom. The van der Waals surface area contributed by atoms with Crippen LogP contribution in [-0.2, 0) is 12.2 Å². The van der Waals surface area contributed by atoms with Crippen LogP contribution < -0.4 is 5.32 Å². The SMILES string of the molecule is Cc1cc(C)nc(SCc2ccc(C(=O)NCCc3c[nH]c4ccccc34)o2)n1. The summed E-state index contributed by atoms with van der Waals surface area (Å²) in [5, 5.41) is 4.83. The third-order valence-electron chi connectivity index (χ3n) is 4.55. The average Bonchev–Trinajstić information content (AvgIpc) is 3.33. The molecule has 4 aromatic rings. The summed E-state index contributed by atoms with van der Waals surface area (Å²) in [5.41, 5.74) is 4.17. The molecule has 0 radical (unpaired) electrons. The van der Waals surface area contributed by atoms with E-state index in [1.807, 2.05) is 50.4 Å². The lowest BCUT2D eigenvalue weighted by molar-refractivity contribution is 0.0925. The maximum Gasteiger partial charge on any atom is 0.287 e. The Morgan fingerprint density at radius 2 is 1.93 bits per heavy atom. The fraction of sp³-hybridized carbons (Fsp3) is 0.227. The Balaban J connectivity index is 1.30. The first-order valence-electron chi connectivity index (χ1n) is 9.45. The minimum absolute atomic E-state index is 0.205. The van der Waals surface area contributed by atoms with Crippen molar-refractivity contribution in [3.8, 4) is 0 Å². The lowest BCUT2D eigenvalue weighted by atomic mass is 10.1. The van der Waals surface area contributed by atoms with Crippen molar-refractivity contribution in [1.29, 1.82) is 0 Å². The third-order valence-corrected chi connectivity index (χ3v) is 5.42. The van der Waals surface area contributed by atoms with Crippen molar-refractivity contribution >= 4 is 28.6 Å². The van der Waals surface area contributed by atoms with Crippen molar-refractivity contribution in [2.24, 2.45) is 0 Å². The van der Waals surface area contributed by atoms with Gasteiger partial charge in [0.05, 0.1) is 5.75 Å². The maximum atomic E-state index is 12.4. The van der Waals surface area contributed by atoms with E-state index < -0.39 is 0 Å². The summed E-state index contributed by atoms with van der Waals surface area (Å²) in [6, 6.07) is 13.6. The monoisotopic (exact) mass is 406 g/mol. The first-order valence-corrected chi connectivity index (χ1v) is 10.4. The van der Waals surface area contributed by atoms with E-state index in [9.17, 15) is 4.79 Å². The Bertz CT molecular complexity index is 1130. The average molecular weight is 407 g/mol. The molecule has 0 fully saturated rings. The summed E-state index contributed by atoms with van der Waals surface area (Å²) < 4.78 is 5.69. The second-order valence-corrected chi connectivity index (χ2v) is 7.80. The molecule has 148 valence electrons. The van der Waals surface area contributed by atoms with Crippen LogP contribution in [0, 0.1) is 13.8 Å². The van der Waals surface area contributed by atoms with Gasteiger partial charge in [0.25, 0.3) is 5.91 Å². The highest BCUT2D eigenvalue weighted by molar-refractivity contribution is 7.98. The molecule has 0 aliphatic rings. The molecule has 1 aromatic carbocycles. The quantitative estimate of drug-likeness (QED) is 0.350. The molecule has 1 amide bonds. The van der Waals surface area contributed by atoms with Gasteiger partial charge in [-0.1, -0.05) is 30.0 Å². The Hall–Kier alpha value is -3.06. The Labute approximate surface area is 173 Å². The number of aromatic nitrogens is 3. The van der Waals surface area contributed by atoms with Crippen LogP contribution in [-0.4, -0.2) is 27.4 Å². The van der Waals surface area contributed by atoms with Gasteiger partial charge in [0.1, 0.15) is 5.76 Å². The molecule has 0 atom stereocenters. The largest absolute Gasteiger partial charge is 0.455 e. The van der Waals surface area contributed by atoms with Crippen LogP contribution in [0.5, 0.6) is 0 Å². The normalized spacial score (nSPS) is 11.1. The third kappa shape index (κ3) is 4.68. The van der Waals surface area contributed by atoms with Gasteiger partial charge in [0.2, 0.25) is 0 Å². The predicted octanol–water partition coefficient (Wildman–Crippen LogP) is 4.43. The number of benzene rings is 1. The molecule has 29 heavy (non-hydrogen) atoms. The number of fused-ring (bicyclic) bond motifs is 1. The number of carbonyl (C=O) groups excluding carboxylic acids is 1. The number of H-pyrrole nitrogens is 1. The number of hydrogen-bond acceptors (Lipinski definition) is 5. The van der Waals surface area contributed by atoms with Gasteiger partial charge in [-0.25, -0.2) is 9.97 Å². The van der Waals surface area contributed by atoms with Gasteiger partial charge < -0.3 is 14.7 Å². The standard InChI is InChI=1S/C22H22N4O2S/c1-14-11-15(2)26-22(25-14)29-13-17-7-8-20(28-17)21(27)23-10-9-16-12-24-19-6-4-3-5-18(16)19/h3-8,11-12,24H,9-10,13H2,1-2H3,(H,23,27). The number of nitrogens with one attached hydrogen (secondary N) is 2. The summed E-state index contributed by atoms with van der Waals surface area (Å²) in [6.45, 7) is 4.44. The first-order chi connectivity index (χ1) is 14.1. The van der Waals surface area contributed by atoms with Crippen molar-refractivity contribution in [2.75, 3.05) is 6.54 Å². The number of nitrogens with zero attached hydrogens (tertiary/aromatic N) is 2. The molecule has 3 heterocycles. The molecule has 7 heteroatoms. The highest BCUT2D eigenvalue weighted by Gasteiger charge is 2.12. The predicted molar refractivity (Wildman–Crippen MR) is 114 cm³/mol. The molecule has 4 rings (SSSR count). The molecular formula is C22H22N4O2S. The number of para-hydroxylation sites is 1. The van der Waals surface area contributed by atoms with Crippen LogP contribution in [0.15, 0.2) is 58.2 Å². The number of rotatable bonds is 7. The molecule has 0 aliphatic heterocycles. The Morgan fingerprint density at radius 3 is 2.76 bits per heavy atom. The second kappa shape index (κ2) is 8.53. The number of hydrogen-bond donors (Lipinski definition) is 2. The molecule has 3 aromatic heterocycles. The fourth-order valence-electron chi connectivity index (χ4n) is 3.21. The summed E-state index contributed by atoms with van der Waals surface area (Å²) >= 11 is 1.49. The van der Waals surface area contributed by atoms with Crippen molar-refractivity contribution in [3.63, 3.8) is 0 Å². The zero-order valence-electron chi connectivity index (χ0n) is 16.4. The van der Waals surface area contributed by atoms with E-state index in [0.717, 1.165) is 29.1 Å². The van der Waals surface area contributed by atoms with Gasteiger partial charge in [-0.05, 0) is 50.1 Å². The molecule has 0 saturated heterocycles. The molecular weight excluding hydrogens is 384 g/mol. The highest BCUT2D eigenvalue weighted by Crippen LogP contribution is 2.22. The molecule has 0 aliphatic carbocycles. The lowest BCUT2D eigenvalue weighted by Crippen LogP contribution is -2.25. The van der Waals surface area contributed by atoms with Crippen LogP contribution in [0.2, 0.25) is 0 Å². The molecule has 0 saturated carbocycles. The highest BCUT2D eigenvalue weighted by atomic mass is 32.2. The lowest BCUT2D eigenvalue weighted by Gasteiger charge is -2.03. The fourth-order valence-corrected chi connectivity index (χ4v) is 4.05. The van der Waals surface area contributed by atoms with Crippen LogP contribution >= 0.6 is 11.8 Å². The van der Waals surface area contributed by atoms with Gasteiger partial charge in [-0.15, -0.1) is 0 Å². The Kier molecular flexibility index (Phi) is 5.67. The van der Waals surface area contributed by atoms with Crippen LogP contribution in [0.1, 0.15) is 33.3 Å². The van der Waals surface area contributed by atoms with Crippen LogP contribution in [0.25, 0.3) is 10.9 Å². The molecule has 6 nitrogen and oxygen atoms in total. The van der Waals surface area contributed by atoms with Crippen molar-refractivity contribution in [1.82, 2.24) is 20.3 Å². The molecule has 0 bridgehead atoms. The van der Waals surface area contributed by atoms with Gasteiger partial charge >= 0.3 is 0 Å². The first kappa shape index (κ1) is 19.3. The topological polar surface area (TPSA) is 83.8 Å². The zero-order chi connectivity index (χ0) is 20.2. The van der Waals surface area contributed by atoms with Gasteiger partial charge in [-0.2, -0.15) is 0 Å². The molecule has 0 unspecified atom stereocenters. The summed E-state index contributed by atoms with van der Waals surface area (Å²) in [7, 11) is 0. The summed E-state index contributed by atoms with van der Waals surface area (Å²) in [5.74, 6) is 1.41. The number of aryl methyl sites for hydroxylation is 2. The molecule has 2 N–H and O–H groups in total. The summed E-state index contributed by atoms with van der Waals surface area (Å²) in [6.07, 6.45) is 2.75. The van der Waals surface area contributed by atoms with Crippen LogP contribution in [0.4, 0.5) is 0 Å². The van der Waals surface area contributed by atoms with Crippen molar-refractivity contribution < 1.29 is 9.21 Å². The van der Waals surface area contributed by atoms with E-state index in [0.29, 0.717) is 23.2 Å². The maximum absolute atomic E-state index is 12.4.